The van der Waals surface area contributed by atoms with Gasteiger partial charge in [0, 0.05) is 23.6 Å². The summed E-state index contributed by atoms with van der Waals surface area (Å²) in [7, 11) is -3.36. The monoisotopic (exact) mass is 360 g/mol. The summed E-state index contributed by atoms with van der Waals surface area (Å²) >= 11 is 4.50. The van der Waals surface area contributed by atoms with Crippen LogP contribution in [0.1, 0.15) is 12.8 Å². The third-order valence-corrected chi connectivity index (χ3v) is 7.32. The van der Waals surface area contributed by atoms with Crippen molar-refractivity contribution in [1.29, 1.82) is 0 Å². The average Bonchev–Trinajstić information content (AvgIpc) is 2.85. The van der Waals surface area contributed by atoms with Crippen LogP contribution in [-0.2, 0) is 10.0 Å². The van der Waals surface area contributed by atoms with Crippen LogP contribution in [-0.4, -0.2) is 31.9 Å². The van der Waals surface area contributed by atoms with Gasteiger partial charge in [-0.05, 0) is 40.2 Å². The molecule has 98 valence electrons. The van der Waals surface area contributed by atoms with E-state index in [2.05, 4.69) is 15.9 Å². The molecule has 4 nitrogen and oxygen atoms in total. The van der Waals surface area contributed by atoms with E-state index in [0.29, 0.717) is 21.8 Å². The van der Waals surface area contributed by atoms with Gasteiger partial charge in [-0.15, -0.1) is 23.7 Å². The Morgan fingerprint density at radius 3 is 2.82 bits per heavy atom. The molecular formula is C9H14BrClN2O2S2. The van der Waals surface area contributed by atoms with E-state index in [4.69, 9.17) is 5.73 Å². The highest BCUT2D eigenvalue weighted by atomic mass is 79.9. The molecular weight excluding hydrogens is 348 g/mol. The van der Waals surface area contributed by atoms with E-state index in [9.17, 15) is 8.42 Å². The number of sulfonamides is 1. The Morgan fingerprint density at radius 2 is 2.29 bits per heavy atom. The first-order valence-corrected chi connectivity index (χ1v) is 8.13. The van der Waals surface area contributed by atoms with E-state index < -0.39 is 10.0 Å². The molecule has 1 unspecified atom stereocenters. The summed E-state index contributed by atoms with van der Waals surface area (Å²) in [5, 5.41) is 1.77. The third-order valence-electron chi connectivity index (χ3n) is 2.72. The molecule has 8 heteroatoms. The van der Waals surface area contributed by atoms with Crippen molar-refractivity contribution >= 4 is 49.7 Å². The van der Waals surface area contributed by atoms with Gasteiger partial charge in [0.1, 0.15) is 4.21 Å². The zero-order chi connectivity index (χ0) is 11.8. The number of nitrogens with two attached hydrogens (primary N) is 1. The molecule has 1 atom stereocenters. The lowest BCUT2D eigenvalue weighted by atomic mass is 10.2. The zero-order valence-electron chi connectivity index (χ0n) is 9.00. The van der Waals surface area contributed by atoms with Crippen LogP contribution in [0.5, 0.6) is 0 Å². The van der Waals surface area contributed by atoms with E-state index in [1.54, 1.807) is 11.4 Å². The minimum atomic E-state index is -3.36. The van der Waals surface area contributed by atoms with Gasteiger partial charge in [0.05, 0.1) is 0 Å². The molecule has 1 fully saturated rings. The number of halogens is 2. The minimum Gasteiger partial charge on any atom is -0.329 e. The van der Waals surface area contributed by atoms with Crippen molar-refractivity contribution in [3.63, 3.8) is 0 Å². The van der Waals surface area contributed by atoms with E-state index >= 15 is 0 Å². The normalized spacial score (nSPS) is 21.4. The van der Waals surface area contributed by atoms with E-state index in [1.807, 2.05) is 0 Å². The number of thiophene rings is 1. The van der Waals surface area contributed by atoms with Crippen molar-refractivity contribution in [2.24, 2.45) is 5.73 Å². The first-order chi connectivity index (χ1) is 7.57. The first kappa shape index (κ1) is 15.4. The Morgan fingerprint density at radius 1 is 1.59 bits per heavy atom. The molecule has 1 aromatic heterocycles. The Labute approximate surface area is 120 Å². The van der Waals surface area contributed by atoms with Gasteiger partial charge in [0.2, 0.25) is 0 Å². The van der Waals surface area contributed by atoms with Crippen LogP contribution in [0.3, 0.4) is 0 Å². The summed E-state index contributed by atoms with van der Waals surface area (Å²) in [5.41, 5.74) is 5.60. The Balaban J connectivity index is 0.00000144. The largest absolute Gasteiger partial charge is 0.329 e. The Kier molecular flexibility index (Phi) is 5.42. The fourth-order valence-electron chi connectivity index (χ4n) is 1.93. The number of hydrogen-bond acceptors (Lipinski definition) is 4. The summed E-state index contributed by atoms with van der Waals surface area (Å²) in [6.07, 6.45) is 1.75. The Hall–Kier alpha value is 0.340. The SMILES string of the molecule is Cl.NCC1CCCN1S(=O)(=O)c1sccc1Br. The van der Waals surface area contributed by atoms with Crippen LogP contribution in [0.4, 0.5) is 0 Å². The molecule has 17 heavy (non-hydrogen) atoms. The van der Waals surface area contributed by atoms with Gasteiger partial charge in [-0.25, -0.2) is 8.42 Å². The topological polar surface area (TPSA) is 63.4 Å². The van der Waals surface area contributed by atoms with Crippen molar-refractivity contribution < 1.29 is 8.42 Å². The molecule has 0 amide bonds. The second-order valence-corrected chi connectivity index (χ2v) is 7.56. The van der Waals surface area contributed by atoms with E-state index in [-0.39, 0.29) is 18.4 Å². The molecule has 0 aromatic carbocycles. The fraction of sp³-hybridized carbons (Fsp3) is 0.556. The van der Waals surface area contributed by atoms with Crippen LogP contribution >= 0.6 is 39.7 Å². The van der Waals surface area contributed by atoms with Gasteiger partial charge in [0.15, 0.2) is 0 Å². The van der Waals surface area contributed by atoms with Crippen molar-refractivity contribution in [2.45, 2.75) is 23.1 Å². The highest BCUT2D eigenvalue weighted by Crippen LogP contribution is 2.33. The van der Waals surface area contributed by atoms with Crippen molar-refractivity contribution in [1.82, 2.24) is 4.31 Å². The third kappa shape index (κ3) is 2.85. The van der Waals surface area contributed by atoms with Crippen molar-refractivity contribution in [3.8, 4) is 0 Å². The van der Waals surface area contributed by atoms with Gasteiger partial charge >= 0.3 is 0 Å². The smallest absolute Gasteiger partial charge is 0.253 e. The summed E-state index contributed by atoms with van der Waals surface area (Å²) in [4.78, 5) is 0. The fourth-order valence-corrected chi connectivity index (χ4v) is 6.06. The predicted molar refractivity (Wildman–Crippen MR) is 75.2 cm³/mol. The van der Waals surface area contributed by atoms with Crippen molar-refractivity contribution in [3.05, 3.63) is 15.9 Å². The first-order valence-electron chi connectivity index (χ1n) is 5.02. The van der Waals surface area contributed by atoms with Crippen LogP contribution in [0, 0.1) is 0 Å². The number of hydrogen-bond donors (Lipinski definition) is 1. The maximum Gasteiger partial charge on any atom is 0.253 e. The second kappa shape index (κ2) is 5.99. The van der Waals surface area contributed by atoms with Gasteiger partial charge in [-0.2, -0.15) is 4.31 Å². The van der Waals surface area contributed by atoms with E-state index in [1.165, 1.54) is 15.6 Å². The predicted octanol–water partition coefficient (Wildman–Crippen LogP) is 2.04. The Bertz CT molecular complexity index is 477. The van der Waals surface area contributed by atoms with Gasteiger partial charge < -0.3 is 5.73 Å². The minimum absolute atomic E-state index is 0. The molecule has 1 aliphatic rings. The molecule has 2 rings (SSSR count). The summed E-state index contributed by atoms with van der Waals surface area (Å²) < 4.78 is 27.2. The molecule has 2 heterocycles. The lowest BCUT2D eigenvalue weighted by Crippen LogP contribution is -2.39. The molecule has 0 radical (unpaired) electrons. The zero-order valence-corrected chi connectivity index (χ0v) is 13.0. The molecule has 0 saturated carbocycles. The quantitative estimate of drug-likeness (QED) is 0.896. The molecule has 1 saturated heterocycles. The molecule has 0 spiro atoms. The van der Waals surface area contributed by atoms with Crippen LogP contribution in [0.15, 0.2) is 20.1 Å². The maximum atomic E-state index is 12.3. The standard InChI is InChI=1S/C9H13BrN2O2S2.ClH/c10-8-3-5-15-9(8)16(13,14)12-4-1-2-7(12)6-11;/h3,5,7H,1-2,4,6,11H2;1H. The maximum absolute atomic E-state index is 12.3. The molecule has 1 aliphatic heterocycles. The highest BCUT2D eigenvalue weighted by molar-refractivity contribution is 9.10. The lowest BCUT2D eigenvalue weighted by molar-refractivity contribution is 0.394. The van der Waals surface area contributed by atoms with E-state index in [0.717, 1.165) is 12.8 Å². The number of nitrogens with zero attached hydrogens (tertiary/aromatic N) is 1. The van der Waals surface area contributed by atoms with Gasteiger partial charge in [-0.1, -0.05) is 0 Å². The molecule has 2 N–H and O–H groups in total. The summed E-state index contributed by atoms with van der Waals surface area (Å²) in [6.45, 7) is 0.969. The molecule has 1 aromatic rings. The van der Waals surface area contributed by atoms with Crippen molar-refractivity contribution in [2.75, 3.05) is 13.1 Å². The summed E-state index contributed by atoms with van der Waals surface area (Å²) in [6, 6.07) is 1.71. The lowest BCUT2D eigenvalue weighted by Gasteiger charge is -2.22. The van der Waals surface area contributed by atoms with Crippen LogP contribution in [0.2, 0.25) is 0 Å². The van der Waals surface area contributed by atoms with Gasteiger partial charge in [-0.3, -0.25) is 0 Å². The molecule has 0 aliphatic carbocycles. The molecule has 0 bridgehead atoms. The second-order valence-electron chi connectivity index (χ2n) is 3.70. The van der Waals surface area contributed by atoms with Crippen LogP contribution < -0.4 is 5.73 Å². The summed E-state index contributed by atoms with van der Waals surface area (Å²) in [5.74, 6) is 0. The van der Waals surface area contributed by atoms with Crippen LogP contribution in [0.25, 0.3) is 0 Å². The van der Waals surface area contributed by atoms with Gasteiger partial charge in [0.25, 0.3) is 10.0 Å². The number of rotatable bonds is 3. The average molecular weight is 362 g/mol. The highest BCUT2D eigenvalue weighted by Gasteiger charge is 2.36.